The molecular weight excluding hydrogens is 394 g/mol. The van der Waals surface area contributed by atoms with Gasteiger partial charge in [0, 0.05) is 23.3 Å². The molecule has 2 aromatic rings. The molecule has 1 aromatic carbocycles. The molecule has 156 valence electrons. The summed E-state index contributed by atoms with van der Waals surface area (Å²) >= 11 is 1.25. The number of nitrogens with zero attached hydrogens (tertiary/aromatic N) is 2. The highest BCUT2D eigenvalue weighted by Crippen LogP contribution is 2.27. The monoisotopic (exact) mass is 419 g/mol. The summed E-state index contributed by atoms with van der Waals surface area (Å²) in [5, 5.41) is 7.20. The van der Waals surface area contributed by atoms with Crippen LogP contribution in [0.3, 0.4) is 0 Å². The Morgan fingerprint density at radius 2 is 1.97 bits per heavy atom. The number of benzene rings is 1. The molecule has 0 aliphatic heterocycles. The molecule has 0 bridgehead atoms. The number of hydrazone groups is 1. The lowest BCUT2D eigenvalue weighted by atomic mass is 10.1. The van der Waals surface area contributed by atoms with E-state index >= 15 is 0 Å². The maximum atomic E-state index is 12.0. The lowest BCUT2D eigenvalue weighted by molar-refractivity contribution is -0.121. The van der Waals surface area contributed by atoms with Crippen molar-refractivity contribution >= 4 is 34.0 Å². The molecular formula is C19H25N5O4S. The number of nitrogens with one attached hydrogen (secondary N) is 2. The standard InChI is InChI=1S/C19H25N5O4S/c1-12(23-24-18(26)10-14-11-22-19(20)29-14)8-17(25)21-7-6-13-4-5-15(27-2)16(9-13)28-3/h4-5,9,11H,6-8,10H2,1-3H3,(H2,20,22)(H,21,25)(H,24,26)/b23-12-. The normalized spacial score (nSPS) is 11.1. The third-order valence-electron chi connectivity index (χ3n) is 3.88. The maximum Gasteiger partial charge on any atom is 0.245 e. The Kier molecular flexibility index (Phi) is 8.41. The van der Waals surface area contributed by atoms with Gasteiger partial charge in [-0.25, -0.2) is 10.4 Å². The molecule has 0 unspecified atom stereocenters. The van der Waals surface area contributed by atoms with Gasteiger partial charge in [-0.2, -0.15) is 5.10 Å². The molecule has 9 nitrogen and oxygen atoms in total. The predicted molar refractivity (Wildman–Crippen MR) is 112 cm³/mol. The number of ether oxygens (including phenoxy) is 2. The minimum atomic E-state index is -0.290. The summed E-state index contributed by atoms with van der Waals surface area (Å²) in [6, 6.07) is 5.63. The molecule has 0 aliphatic carbocycles. The Bertz CT molecular complexity index is 881. The van der Waals surface area contributed by atoms with Gasteiger partial charge in [0.05, 0.1) is 27.1 Å². The second kappa shape index (κ2) is 11.0. The van der Waals surface area contributed by atoms with Gasteiger partial charge < -0.3 is 20.5 Å². The molecule has 0 saturated carbocycles. The summed E-state index contributed by atoms with van der Waals surface area (Å²) in [4.78, 5) is 28.5. The number of hydrogen-bond donors (Lipinski definition) is 3. The van der Waals surface area contributed by atoms with Crippen LogP contribution in [0.4, 0.5) is 5.13 Å². The summed E-state index contributed by atoms with van der Waals surface area (Å²) in [5.41, 5.74) is 9.48. The van der Waals surface area contributed by atoms with E-state index in [0.717, 1.165) is 10.4 Å². The van der Waals surface area contributed by atoms with Crippen LogP contribution >= 0.6 is 11.3 Å². The fourth-order valence-corrected chi connectivity index (χ4v) is 3.16. The molecule has 2 amide bonds. The van der Waals surface area contributed by atoms with E-state index in [1.165, 1.54) is 11.3 Å². The summed E-state index contributed by atoms with van der Waals surface area (Å²) in [6.07, 6.45) is 2.45. The van der Waals surface area contributed by atoms with E-state index in [2.05, 4.69) is 20.8 Å². The van der Waals surface area contributed by atoms with Crippen molar-refractivity contribution in [3.63, 3.8) is 0 Å². The van der Waals surface area contributed by atoms with E-state index in [1.807, 2.05) is 18.2 Å². The van der Waals surface area contributed by atoms with E-state index in [4.69, 9.17) is 15.2 Å². The van der Waals surface area contributed by atoms with Crippen molar-refractivity contribution in [2.24, 2.45) is 5.10 Å². The molecule has 0 spiro atoms. The van der Waals surface area contributed by atoms with Crippen molar-refractivity contribution in [1.29, 1.82) is 0 Å². The second-order valence-corrected chi connectivity index (χ2v) is 7.34. The first-order valence-electron chi connectivity index (χ1n) is 8.91. The van der Waals surface area contributed by atoms with E-state index in [9.17, 15) is 9.59 Å². The van der Waals surface area contributed by atoms with Gasteiger partial charge >= 0.3 is 0 Å². The first-order chi connectivity index (χ1) is 13.9. The highest BCUT2D eigenvalue weighted by molar-refractivity contribution is 7.15. The van der Waals surface area contributed by atoms with Crippen LogP contribution in [-0.4, -0.2) is 43.3 Å². The van der Waals surface area contributed by atoms with Crippen LogP contribution in [0.2, 0.25) is 0 Å². The van der Waals surface area contributed by atoms with Crippen LogP contribution in [0.25, 0.3) is 0 Å². The number of rotatable bonds is 10. The smallest absolute Gasteiger partial charge is 0.245 e. The van der Waals surface area contributed by atoms with Crippen molar-refractivity contribution in [2.45, 2.75) is 26.2 Å². The lowest BCUT2D eigenvalue weighted by Crippen LogP contribution is -2.28. The molecule has 10 heteroatoms. The van der Waals surface area contributed by atoms with Crippen LogP contribution in [0.1, 0.15) is 23.8 Å². The average Bonchev–Trinajstić information content (AvgIpc) is 3.10. The van der Waals surface area contributed by atoms with Crippen molar-refractivity contribution in [2.75, 3.05) is 26.5 Å². The fraction of sp³-hybridized carbons (Fsp3) is 0.368. The number of thiazole rings is 1. The Hall–Kier alpha value is -3.14. The van der Waals surface area contributed by atoms with Crippen LogP contribution in [0.15, 0.2) is 29.5 Å². The highest BCUT2D eigenvalue weighted by Gasteiger charge is 2.08. The Morgan fingerprint density at radius 1 is 1.21 bits per heavy atom. The molecule has 2 rings (SSSR count). The number of nitrogens with two attached hydrogens (primary N) is 1. The van der Waals surface area contributed by atoms with Gasteiger partial charge in [-0.05, 0) is 31.0 Å². The minimum Gasteiger partial charge on any atom is -0.493 e. The number of methoxy groups -OCH3 is 2. The number of amides is 2. The first-order valence-corrected chi connectivity index (χ1v) is 9.72. The summed E-state index contributed by atoms with van der Waals surface area (Å²) in [5.74, 6) is 0.849. The molecule has 1 heterocycles. The quantitative estimate of drug-likeness (QED) is 0.396. The molecule has 0 fully saturated rings. The molecule has 0 atom stereocenters. The van der Waals surface area contributed by atoms with Crippen molar-refractivity contribution in [1.82, 2.24) is 15.7 Å². The number of aromatic nitrogens is 1. The largest absolute Gasteiger partial charge is 0.493 e. The number of anilines is 1. The van der Waals surface area contributed by atoms with Crippen LogP contribution in [0.5, 0.6) is 11.5 Å². The first kappa shape index (κ1) is 22.2. The summed E-state index contributed by atoms with van der Waals surface area (Å²) in [6.45, 7) is 2.15. The van der Waals surface area contributed by atoms with Crippen molar-refractivity contribution < 1.29 is 19.1 Å². The third-order valence-corrected chi connectivity index (χ3v) is 4.70. The second-order valence-electron chi connectivity index (χ2n) is 6.19. The zero-order chi connectivity index (χ0) is 21.2. The molecule has 1 aromatic heterocycles. The van der Waals surface area contributed by atoms with Crippen molar-refractivity contribution in [3.8, 4) is 11.5 Å². The molecule has 0 radical (unpaired) electrons. The zero-order valence-corrected chi connectivity index (χ0v) is 17.5. The van der Waals surface area contributed by atoms with E-state index in [0.29, 0.717) is 35.3 Å². The summed E-state index contributed by atoms with van der Waals surface area (Å²) < 4.78 is 10.5. The van der Waals surface area contributed by atoms with Gasteiger partial charge in [0.15, 0.2) is 16.6 Å². The Morgan fingerprint density at radius 3 is 2.62 bits per heavy atom. The van der Waals surface area contributed by atoms with Gasteiger partial charge in [-0.1, -0.05) is 6.07 Å². The number of hydrogen-bond acceptors (Lipinski definition) is 8. The number of nitrogen functional groups attached to an aromatic ring is 1. The minimum absolute atomic E-state index is 0.0969. The molecule has 0 aliphatic rings. The summed E-state index contributed by atoms with van der Waals surface area (Å²) in [7, 11) is 3.16. The van der Waals surface area contributed by atoms with Crippen LogP contribution in [-0.2, 0) is 22.4 Å². The highest BCUT2D eigenvalue weighted by atomic mass is 32.1. The lowest BCUT2D eigenvalue weighted by Gasteiger charge is -2.10. The van der Waals surface area contributed by atoms with Gasteiger partial charge in [-0.3, -0.25) is 9.59 Å². The van der Waals surface area contributed by atoms with Gasteiger partial charge in [0.1, 0.15) is 0 Å². The number of carbonyl (C=O) groups excluding carboxylic acids is 2. The van der Waals surface area contributed by atoms with E-state index in [1.54, 1.807) is 27.3 Å². The van der Waals surface area contributed by atoms with E-state index < -0.39 is 0 Å². The van der Waals surface area contributed by atoms with Crippen LogP contribution < -0.4 is 25.9 Å². The van der Waals surface area contributed by atoms with Gasteiger partial charge in [-0.15, -0.1) is 11.3 Å². The van der Waals surface area contributed by atoms with Gasteiger partial charge in [0.2, 0.25) is 11.8 Å². The number of carbonyl (C=O) groups is 2. The van der Waals surface area contributed by atoms with Crippen LogP contribution in [0, 0.1) is 0 Å². The maximum absolute atomic E-state index is 12.0. The average molecular weight is 420 g/mol. The predicted octanol–water partition coefficient (Wildman–Crippen LogP) is 1.53. The van der Waals surface area contributed by atoms with Crippen molar-refractivity contribution in [3.05, 3.63) is 34.8 Å². The fourth-order valence-electron chi connectivity index (χ4n) is 2.48. The Balaban J connectivity index is 1.72. The molecule has 4 N–H and O–H groups in total. The SMILES string of the molecule is COc1ccc(CCNC(=O)C/C(C)=N\NC(=O)Cc2cnc(N)s2)cc1OC. The van der Waals surface area contributed by atoms with E-state index in [-0.39, 0.29) is 24.7 Å². The van der Waals surface area contributed by atoms with Gasteiger partial charge in [0.25, 0.3) is 0 Å². The Labute approximate surface area is 173 Å². The topological polar surface area (TPSA) is 128 Å². The third kappa shape index (κ3) is 7.41. The molecule has 0 saturated heterocycles. The zero-order valence-electron chi connectivity index (χ0n) is 16.7. The molecule has 29 heavy (non-hydrogen) atoms.